The number of amidine groups is 1. The van der Waals surface area contributed by atoms with Gasteiger partial charge < -0.3 is 10.3 Å². The molecule has 0 radical (unpaired) electrons. The summed E-state index contributed by atoms with van der Waals surface area (Å²) < 4.78 is 1.98. The van der Waals surface area contributed by atoms with Crippen LogP contribution in [0.3, 0.4) is 0 Å². The van der Waals surface area contributed by atoms with Crippen LogP contribution in [0, 0.1) is 12.3 Å². The number of nitrogens with two attached hydrogens (primary N) is 1. The van der Waals surface area contributed by atoms with Gasteiger partial charge in [-0.3, -0.25) is 5.41 Å². The molecule has 0 fully saturated rings. The van der Waals surface area contributed by atoms with E-state index in [0.29, 0.717) is 0 Å². The zero-order valence-electron chi connectivity index (χ0n) is 10.1. The molecular formula is C13H16N4. The summed E-state index contributed by atoms with van der Waals surface area (Å²) in [5.41, 5.74) is 8.39. The van der Waals surface area contributed by atoms with E-state index in [2.05, 4.69) is 11.9 Å². The van der Waals surface area contributed by atoms with Gasteiger partial charge in [0.1, 0.15) is 11.7 Å². The van der Waals surface area contributed by atoms with Crippen molar-refractivity contribution in [2.75, 3.05) is 0 Å². The molecule has 3 N–H and O–H groups in total. The van der Waals surface area contributed by atoms with Gasteiger partial charge in [0.05, 0.1) is 5.69 Å². The van der Waals surface area contributed by atoms with Crippen LogP contribution in [0.2, 0.25) is 0 Å². The molecule has 0 saturated heterocycles. The van der Waals surface area contributed by atoms with Gasteiger partial charge in [-0.2, -0.15) is 0 Å². The molecular weight excluding hydrogens is 212 g/mol. The van der Waals surface area contributed by atoms with Gasteiger partial charge in [0.25, 0.3) is 0 Å². The molecule has 0 atom stereocenters. The van der Waals surface area contributed by atoms with Crippen LogP contribution in [0.1, 0.15) is 23.9 Å². The first-order chi connectivity index (χ1) is 8.13. The summed E-state index contributed by atoms with van der Waals surface area (Å²) in [6, 6.07) is 5.92. The van der Waals surface area contributed by atoms with Gasteiger partial charge in [0, 0.05) is 24.4 Å². The van der Waals surface area contributed by atoms with Gasteiger partial charge in [0.15, 0.2) is 0 Å². The number of nitrogens with one attached hydrogen (secondary N) is 1. The van der Waals surface area contributed by atoms with Crippen molar-refractivity contribution in [2.24, 2.45) is 5.73 Å². The zero-order chi connectivity index (χ0) is 12.4. The average molecular weight is 228 g/mol. The number of aromatic nitrogens is 2. The van der Waals surface area contributed by atoms with Crippen LogP contribution in [-0.4, -0.2) is 15.4 Å². The second kappa shape index (κ2) is 4.41. The molecule has 0 saturated carbocycles. The lowest BCUT2D eigenvalue weighted by atomic mass is 10.1. The van der Waals surface area contributed by atoms with Crippen LogP contribution >= 0.6 is 0 Å². The molecule has 1 aromatic heterocycles. The smallest absolute Gasteiger partial charge is 0.124 e. The van der Waals surface area contributed by atoms with Crippen LogP contribution in [0.15, 0.2) is 30.6 Å². The van der Waals surface area contributed by atoms with Gasteiger partial charge in [-0.25, -0.2) is 4.98 Å². The zero-order valence-corrected chi connectivity index (χ0v) is 10.1. The highest BCUT2D eigenvalue weighted by Gasteiger charge is 2.10. The van der Waals surface area contributed by atoms with Gasteiger partial charge in [-0.15, -0.1) is 0 Å². The minimum atomic E-state index is 0.0828. The van der Waals surface area contributed by atoms with Crippen molar-refractivity contribution in [3.8, 4) is 5.69 Å². The molecule has 1 aromatic carbocycles. The van der Waals surface area contributed by atoms with E-state index in [0.717, 1.165) is 29.1 Å². The maximum atomic E-state index is 7.65. The van der Waals surface area contributed by atoms with Crippen molar-refractivity contribution in [2.45, 2.75) is 20.3 Å². The van der Waals surface area contributed by atoms with E-state index in [1.807, 2.05) is 35.9 Å². The third-order valence-corrected chi connectivity index (χ3v) is 2.74. The Bertz CT molecular complexity index is 554. The minimum absolute atomic E-state index is 0.0828. The summed E-state index contributed by atoms with van der Waals surface area (Å²) in [7, 11) is 0. The Morgan fingerprint density at radius 1 is 1.47 bits per heavy atom. The molecule has 4 heteroatoms. The normalized spacial score (nSPS) is 10.5. The topological polar surface area (TPSA) is 67.7 Å². The van der Waals surface area contributed by atoms with Crippen molar-refractivity contribution < 1.29 is 0 Å². The van der Waals surface area contributed by atoms with Crippen molar-refractivity contribution in [3.05, 3.63) is 47.5 Å². The molecule has 2 rings (SSSR count). The van der Waals surface area contributed by atoms with E-state index < -0.39 is 0 Å². The van der Waals surface area contributed by atoms with Crippen LogP contribution in [0.5, 0.6) is 0 Å². The molecule has 0 unspecified atom stereocenters. The van der Waals surface area contributed by atoms with Crippen molar-refractivity contribution in [3.63, 3.8) is 0 Å². The summed E-state index contributed by atoms with van der Waals surface area (Å²) in [6.45, 7) is 4.05. The largest absolute Gasteiger partial charge is 0.384 e. The molecule has 0 aliphatic heterocycles. The molecule has 17 heavy (non-hydrogen) atoms. The fourth-order valence-corrected chi connectivity index (χ4v) is 1.89. The first kappa shape index (κ1) is 11.4. The lowest BCUT2D eigenvalue weighted by Gasteiger charge is -2.12. The van der Waals surface area contributed by atoms with E-state index in [4.69, 9.17) is 11.1 Å². The number of benzene rings is 1. The third-order valence-electron chi connectivity index (χ3n) is 2.74. The number of nitrogens with zero attached hydrogens (tertiary/aromatic N) is 2. The summed E-state index contributed by atoms with van der Waals surface area (Å²) in [4.78, 5) is 4.29. The SMILES string of the molecule is CCc1nccn1-c1ccc(C)cc1C(=N)N. The van der Waals surface area contributed by atoms with Crippen molar-refractivity contribution in [1.82, 2.24) is 9.55 Å². The molecule has 4 nitrogen and oxygen atoms in total. The van der Waals surface area contributed by atoms with Gasteiger partial charge in [0.2, 0.25) is 0 Å². The van der Waals surface area contributed by atoms with Crippen LogP contribution in [0.4, 0.5) is 0 Å². The molecule has 2 aromatic rings. The standard InChI is InChI=1S/C13H16N4/c1-3-12-16-6-7-17(12)11-5-4-9(2)8-10(11)13(14)15/h4-8H,3H2,1-2H3,(H3,14,15). The fourth-order valence-electron chi connectivity index (χ4n) is 1.89. The summed E-state index contributed by atoms with van der Waals surface area (Å²) in [5.74, 6) is 1.05. The highest BCUT2D eigenvalue weighted by atomic mass is 15.1. The predicted octanol–water partition coefficient (Wildman–Crippen LogP) is 2.03. The van der Waals surface area contributed by atoms with Crippen LogP contribution in [0.25, 0.3) is 5.69 Å². The Balaban J connectivity index is 2.63. The van der Waals surface area contributed by atoms with E-state index in [-0.39, 0.29) is 5.84 Å². The number of aryl methyl sites for hydroxylation is 2. The minimum Gasteiger partial charge on any atom is -0.384 e. The molecule has 0 spiro atoms. The van der Waals surface area contributed by atoms with E-state index in [9.17, 15) is 0 Å². The Labute approximate surface area is 101 Å². The quantitative estimate of drug-likeness (QED) is 0.623. The van der Waals surface area contributed by atoms with Gasteiger partial charge in [-0.1, -0.05) is 18.6 Å². The maximum absolute atomic E-state index is 7.65. The molecule has 0 bridgehead atoms. The van der Waals surface area contributed by atoms with Gasteiger partial charge >= 0.3 is 0 Å². The number of hydrogen-bond donors (Lipinski definition) is 2. The summed E-state index contributed by atoms with van der Waals surface area (Å²) in [6.07, 6.45) is 4.51. The van der Waals surface area contributed by atoms with E-state index >= 15 is 0 Å². The average Bonchev–Trinajstić information content (AvgIpc) is 2.76. The maximum Gasteiger partial charge on any atom is 0.124 e. The Hall–Kier alpha value is -2.10. The number of nitrogen functional groups attached to an aromatic ring is 1. The number of imidazole rings is 1. The lowest BCUT2D eigenvalue weighted by Crippen LogP contribution is -2.15. The van der Waals surface area contributed by atoms with Crippen LogP contribution < -0.4 is 5.73 Å². The van der Waals surface area contributed by atoms with Gasteiger partial charge in [-0.05, 0) is 19.1 Å². The fraction of sp³-hybridized carbons (Fsp3) is 0.231. The molecule has 0 amide bonds. The Morgan fingerprint density at radius 2 is 2.24 bits per heavy atom. The Morgan fingerprint density at radius 3 is 2.88 bits per heavy atom. The van der Waals surface area contributed by atoms with E-state index in [1.165, 1.54) is 0 Å². The van der Waals surface area contributed by atoms with Crippen molar-refractivity contribution in [1.29, 1.82) is 5.41 Å². The second-order valence-corrected chi connectivity index (χ2v) is 4.00. The number of hydrogen-bond acceptors (Lipinski definition) is 2. The first-order valence-corrected chi connectivity index (χ1v) is 5.61. The lowest BCUT2D eigenvalue weighted by molar-refractivity contribution is 0.889. The monoisotopic (exact) mass is 228 g/mol. The van der Waals surface area contributed by atoms with E-state index in [1.54, 1.807) is 6.20 Å². The second-order valence-electron chi connectivity index (χ2n) is 4.00. The van der Waals surface area contributed by atoms with Crippen LogP contribution in [-0.2, 0) is 6.42 Å². The molecule has 0 aliphatic rings. The number of rotatable bonds is 3. The highest BCUT2D eigenvalue weighted by molar-refractivity contribution is 5.98. The third kappa shape index (κ3) is 2.06. The van der Waals surface area contributed by atoms with Crippen molar-refractivity contribution >= 4 is 5.84 Å². The summed E-state index contributed by atoms with van der Waals surface area (Å²) >= 11 is 0. The highest BCUT2D eigenvalue weighted by Crippen LogP contribution is 2.18. The molecule has 1 heterocycles. The molecule has 0 aliphatic carbocycles. The first-order valence-electron chi connectivity index (χ1n) is 5.61. The predicted molar refractivity (Wildman–Crippen MR) is 68.7 cm³/mol. The Kier molecular flexibility index (Phi) is 2.95. The summed E-state index contributed by atoms with van der Waals surface area (Å²) in [5, 5.41) is 7.65. The molecule has 88 valence electrons.